The lowest BCUT2D eigenvalue weighted by molar-refractivity contribution is 0.542. The maximum Gasteiger partial charge on any atom is 0.243 e. The third kappa shape index (κ3) is 3.27. The molecule has 0 amide bonds. The van der Waals surface area contributed by atoms with Crippen molar-refractivity contribution in [2.45, 2.75) is 22.6 Å². The largest absolute Gasteiger partial charge is 0.243 e. The van der Waals surface area contributed by atoms with Crippen LogP contribution in [0.3, 0.4) is 0 Å². The van der Waals surface area contributed by atoms with E-state index in [2.05, 4.69) is 20.7 Å². The van der Waals surface area contributed by atoms with E-state index in [-0.39, 0.29) is 11.4 Å². The lowest BCUT2D eigenvalue weighted by atomic mass is 10.3. The Morgan fingerprint density at radius 3 is 2.61 bits per heavy atom. The SMILES string of the molecule is O=S(=O)(NCC(Br)C1CC1)c1ccc(F)cc1F. The minimum absolute atomic E-state index is 0.0517. The van der Waals surface area contributed by atoms with Gasteiger partial charge in [-0.05, 0) is 30.9 Å². The van der Waals surface area contributed by atoms with E-state index in [4.69, 9.17) is 0 Å². The van der Waals surface area contributed by atoms with E-state index in [1.54, 1.807) is 0 Å². The van der Waals surface area contributed by atoms with Crippen LogP contribution in [-0.4, -0.2) is 19.8 Å². The van der Waals surface area contributed by atoms with Crippen LogP contribution >= 0.6 is 15.9 Å². The molecule has 18 heavy (non-hydrogen) atoms. The predicted molar refractivity (Wildman–Crippen MR) is 67.0 cm³/mol. The molecule has 0 bridgehead atoms. The van der Waals surface area contributed by atoms with Crippen LogP contribution in [0.1, 0.15) is 12.8 Å². The summed E-state index contributed by atoms with van der Waals surface area (Å²) in [5.74, 6) is -1.41. The fourth-order valence-corrected chi connectivity index (χ4v) is 3.61. The molecule has 1 aromatic rings. The molecule has 0 saturated heterocycles. The third-order valence-electron chi connectivity index (χ3n) is 2.79. The van der Waals surface area contributed by atoms with Crippen molar-refractivity contribution in [2.24, 2.45) is 5.92 Å². The van der Waals surface area contributed by atoms with Crippen LogP contribution in [0, 0.1) is 17.6 Å². The van der Waals surface area contributed by atoms with Gasteiger partial charge in [-0.2, -0.15) is 0 Å². The number of hydrogen-bond acceptors (Lipinski definition) is 2. The van der Waals surface area contributed by atoms with Gasteiger partial charge in [0.25, 0.3) is 0 Å². The summed E-state index contributed by atoms with van der Waals surface area (Å²) in [7, 11) is -3.93. The van der Waals surface area contributed by atoms with Crippen molar-refractivity contribution in [3.8, 4) is 0 Å². The van der Waals surface area contributed by atoms with Gasteiger partial charge in [-0.1, -0.05) is 15.9 Å². The van der Waals surface area contributed by atoms with Crippen molar-refractivity contribution < 1.29 is 17.2 Å². The van der Waals surface area contributed by atoms with Crippen molar-refractivity contribution in [3.63, 3.8) is 0 Å². The van der Waals surface area contributed by atoms with E-state index >= 15 is 0 Å². The molecule has 1 fully saturated rings. The molecule has 100 valence electrons. The van der Waals surface area contributed by atoms with Gasteiger partial charge in [0.1, 0.15) is 16.5 Å². The third-order valence-corrected chi connectivity index (χ3v) is 5.31. The number of rotatable bonds is 5. The standard InChI is InChI=1S/C11H12BrF2NO2S/c12-9(7-1-2-7)6-15-18(16,17)11-4-3-8(13)5-10(11)14/h3-5,7,9,15H,1-2,6H2. The van der Waals surface area contributed by atoms with E-state index in [9.17, 15) is 17.2 Å². The smallest absolute Gasteiger partial charge is 0.210 e. The van der Waals surface area contributed by atoms with Gasteiger partial charge in [-0.25, -0.2) is 21.9 Å². The van der Waals surface area contributed by atoms with Crippen molar-refractivity contribution in [1.29, 1.82) is 0 Å². The quantitative estimate of drug-likeness (QED) is 0.837. The zero-order valence-electron chi connectivity index (χ0n) is 9.37. The Morgan fingerprint density at radius 2 is 2.06 bits per heavy atom. The van der Waals surface area contributed by atoms with Gasteiger partial charge in [0, 0.05) is 17.4 Å². The molecule has 1 N–H and O–H groups in total. The molecular formula is C11H12BrF2NO2S. The van der Waals surface area contributed by atoms with Crippen LogP contribution in [0.2, 0.25) is 0 Å². The Labute approximate surface area is 113 Å². The lowest BCUT2D eigenvalue weighted by Crippen LogP contribution is -2.31. The molecule has 1 unspecified atom stereocenters. The summed E-state index contributed by atoms with van der Waals surface area (Å²) in [5, 5.41) is 0. The Bertz CT molecular complexity index is 546. The summed E-state index contributed by atoms with van der Waals surface area (Å²) < 4.78 is 52.0. The number of halogens is 3. The first kappa shape index (κ1) is 13.9. The highest BCUT2D eigenvalue weighted by Gasteiger charge is 2.30. The summed E-state index contributed by atoms with van der Waals surface area (Å²) in [5.41, 5.74) is 0. The Kier molecular flexibility index (Phi) is 4.03. The highest BCUT2D eigenvalue weighted by molar-refractivity contribution is 9.09. The van der Waals surface area contributed by atoms with Gasteiger partial charge in [0.2, 0.25) is 10.0 Å². The fraction of sp³-hybridized carbons (Fsp3) is 0.455. The Balaban J connectivity index is 2.09. The van der Waals surface area contributed by atoms with Crippen LogP contribution < -0.4 is 4.72 Å². The molecule has 0 aliphatic heterocycles. The van der Waals surface area contributed by atoms with E-state index < -0.39 is 26.6 Å². The molecule has 1 saturated carbocycles. The number of benzene rings is 1. The van der Waals surface area contributed by atoms with Crippen LogP contribution in [0.4, 0.5) is 8.78 Å². The second-order valence-electron chi connectivity index (χ2n) is 4.28. The molecule has 1 atom stereocenters. The monoisotopic (exact) mass is 339 g/mol. The zero-order chi connectivity index (χ0) is 13.3. The van der Waals surface area contributed by atoms with E-state index in [0.29, 0.717) is 12.0 Å². The molecule has 0 aromatic heterocycles. The second kappa shape index (κ2) is 5.22. The maximum atomic E-state index is 13.4. The molecule has 0 radical (unpaired) electrons. The molecule has 0 spiro atoms. The van der Waals surface area contributed by atoms with E-state index in [1.165, 1.54) is 0 Å². The van der Waals surface area contributed by atoms with Gasteiger partial charge in [0.15, 0.2) is 0 Å². The second-order valence-corrected chi connectivity index (χ2v) is 7.19. The van der Waals surface area contributed by atoms with Gasteiger partial charge in [0.05, 0.1) is 0 Å². The highest BCUT2D eigenvalue weighted by Crippen LogP contribution is 2.36. The Morgan fingerprint density at radius 1 is 1.39 bits per heavy atom. The van der Waals surface area contributed by atoms with Crippen LogP contribution in [0.5, 0.6) is 0 Å². The van der Waals surface area contributed by atoms with Crippen LogP contribution in [-0.2, 0) is 10.0 Å². The topological polar surface area (TPSA) is 46.2 Å². The number of sulfonamides is 1. The summed E-state index contributed by atoms with van der Waals surface area (Å²) in [6.45, 7) is 0.198. The first-order valence-corrected chi connectivity index (χ1v) is 7.89. The number of alkyl halides is 1. The van der Waals surface area contributed by atoms with Crippen molar-refractivity contribution in [1.82, 2.24) is 4.72 Å². The molecule has 3 nitrogen and oxygen atoms in total. The minimum Gasteiger partial charge on any atom is -0.210 e. The molecule has 1 aliphatic carbocycles. The van der Waals surface area contributed by atoms with Gasteiger partial charge in [-0.3, -0.25) is 0 Å². The maximum absolute atomic E-state index is 13.4. The number of hydrogen-bond donors (Lipinski definition) is 1. The van der Waals surface area contributed by atoms with Crippen LogP contribution in [0.15, 0.2) is 23.1 Å². The zero-order valence-corrected chi connectivity index (χ0v) is 11.8. The first-order valence-electron chi connectivity index (χ1n) is 5.49. The molecule has 0 heterocycles. The molecule has 1 aliphatic rings. The van der Waals surface area contributed by atoms with Crippen LogP contribution in [0.25, 0.3) is 0 Å². The fourth-order valence-electron chi connectivity index (χ4n) is 1.58. The molecular weight excluding hydrogens is 328 g/mol. The van der Waals surface area contributed by atoms with Crippen molar-refractivity contribution in [3.05, 3.63) is 29.8 Å². The summed E-state index contributed by atoms with van der Waals surface area (Å²) >= 11 is 3.38. The predicted octanol–water partition coefficient (Wildman–Crippen LogP) is 2.42. The molecule has 7 heteroatoms. The molecule has 2 rings (SSSR count). The lowest BCUT2D eigenvalue weighted by Gasteiger charge is -2.11. The van der Waals surface area contributed by atoms with Crippen molar-refractivity contribution >= 4 is 26.0 Å². The highest BCUT2D eigenvalue weighted by atomic mass is 79.9. The Hall–Kier alpha value is -0.530. The normalized spacial score (nSPS) is 17.7. The van der Waals surface area contributed by atoms with E-state index in [0.717, 1.165) is 25.0 Å². The number of nitrogens with one attached hydrogen (secondary N) is 1. The first-order chi connectivity index (χ1) is 8.40. The minimum atomic E-state index is -3.93. The average Bonchev–Trinajstić information content (AvgIpc) is 3.09. The average molecular weight is 340 g/mol. The van der Waals surface area contributed by atoms with Gasteiger partial charge >= 0.3 is 0 Å². The summed E-state index contributed by atoms with van der Waals surface area (Å²) in [6, 6.07) is 2.40. The van der Waals surface area contributed by atoms with E-state index in [1.807, 2.05) is 0 Å². The summed E-state index contributed by atoms with van der Waals surface area (Å²) in [4.78, 5) is -0.477. The van der Waals surface area contributed by atoms with Gasteiger partial charge < -0.3 is 0 Å². The van der Waals surface area contributed by atoms with Crippen molar-refractivity contribution in [2.75, 3.05) is 6.54 Å². The van der Waals surface area contributed by atoms with Gasteiger partial charge in [-0.15, -0.1) is 0 Å². The molecule has 1 aromatic carbocycles. The summed E-state index contributed by atoms with van der Waals surface area (Å²) in [6.07, 6.45) is 2.14.